The molecule has 0 amide bonds. The van der Waals surface area contributed by atoms with Gasteiger partial charge in [-0.15, -0.1) is 0 Å². The number of guanidine groups is 2. The molecule has 0 fully saturated rings. The highest BCUT2D eigenvalue weighted by Gasteiger charge is 2.05. The number of nitrogens with zero attached hydrogens (tertiary/aromatic N) is 3. The van der Waals surface area contributed by atoms with E-state index < -0.39 is 4.92 Å². The summed E-state index contributed by atoms with van der Waals surface area (Å²) in [7, 11) is 0. The molecule has 0 atom stereocenters. The first-order valence-electron chi connectivity index (χ1n) is 6.40. The normalized spacial score (nSPS) is 11.0. The summed E-state index contributed by atoms with van der Waals surface area (Å²) in [5, 5.41) is 10.6. The summed E-state index contributed by atoms with van der Waals surface area (Å²) in [6, 6.07) is 13.6. The van der Waals surface area contributed by atoms with E-state index in [4.69, 9.17) is 17.2 Å². The molecule has 0 aliphatic carbocycles. The Kier molecular flexibility index (Phi) is 5.15. The molecule has 0 heterocycles. The summed E-state index contributed by atoms with van der Waals surface area (Å²) in [5.74, 6) is -0.183. The van der Waals surface area contributed by atoms with Crippen molar-refractivity contribution in [1.29, 1.82) is 0 Å². The van der Waals surface area contributed by atoms with E-state index in [0.717, 1.165) is 9.79 Å². The second-order valence-electron chi connectivity index (χ2n) is 4.35. The minimum atomic E-state index is -0.428. The molecular weight excluding hydrogens is 316 g/mol. The zero-order chi connectivity index (χ0) is 16.8. The Labute approximate surface area is 136 Å². The van der Waals surface area contributed by atoms with E-state index in [9.17, 15) is 10.1 Å². The van der Waals surface area contributed by atoms with Crippen LogP contribution in [0, 0.1) is 10.1 Å². The highest BCUT2D eigenvalue weighted by Crippen LogP contribution is 2.30. The monoisotopic (exact) mass is 330 g/mol. The number of nitro groups is 1. The van der Waals surface area contributed by atoms with Crippen LogP contribution in [0.2, 0.25) is 0 Å². The summed E-state index contributed by atoms with van der Waals surface area (Å²) < 4.78 is 0. The molecule has 6 N–H and O–H groups in total. The van der Waals surface area contributed by atoms with E-state index in [1.54, 1.807) is 24.3 Å². The largest absolute Gasteiger partial charge is 0.370 e. The fraction of sp³-hybridized carbons (Fsp3) is 0. The number of benzene rings is 2. The van der Waals surface area contributed by atoms with E-state index in [1.807, 2.05) is 12.1 Å². The van der Waals surface area contributed by atoms with Crippen LogP contribution in [-0.4, -0.2) is 16.8 Å². The molecule has 0 unspecified atom stereocenters. The van der Waals surface area contributed by atoms with Crippen LogP contribution in [0.25, 0.3) is 0 Å². The lowest BCUT2D eigenvalue weighted by Crippen LogP contribution is -2.26. The molecule has 2 rings (SSSR count). The van der Waals surface area contributed by atoms with Crippen LogP contribution in [0.5, 0.6) is 0 Å². The molecule has 0 bridgehead atoms. The topological polar surface area (TPSA) is 146 Å². The van der Waals surface area contributed by atoms with Gasteiger partial charge in [0.1, 0.15) is 0 Å². The molecule has 2 aromatic rings. The van der Waals surface area contributed by atoms with E-state index in [2.05, 4.69) is 9.98 Å². The maximum atomic E-state index is 10.6. The quantitative estimate of drug-likeness (QED) is 0.338. The molecule has 2 aromatic carbocycles. The van der Waals surface area contributed by atoms with Gasteiger partial charge in [-0.05, 0) is 36.4 Å². The minimum Gasteiger partial charge on any atom is -0.370 e. The van der Waals surface area contributed by atoms with E-state index in [-0.39, 0.29) is 17.6 Å². The third-order valence-corrected chi connectivity index (χ3v) is 3.62. The van der Waals surface area contributed by atoms with Gasteiger partial charge in [0.2, 0.25) is 5.96 Å². The average molecular weight is 330 g/mol. The van der Waals surface area contributed by atoms with Crippen LogP contribution < -0.4 is 17.2 Å². The number of rotatable bonds is 4. The number of aliphatic imine (C=N–C) groups is 2. The van der Waals surface area contributed by atoms with Crippen molar-refractivity contribution in [1.82, 2.24) is 0 Å². The van der Waals surface area contributed by atoms with Gasteiger partial charge in [0.05, 0.1) is 10.6 Å². The highest BCUT2D eigenvalue weighted by atomic mass is 32.2. The number of nitro benzene ring substituents is 1. The molecule has 0 aromatic heterocycles. The van der Waals surface area contributed by atoms with Crippen molar-refractivity contribution in [2.24, 2.45) is 27.2 Å². The van der Waals surface area contributed by atoms with Gasteiger partial charge in [-0.25, -0.2) is 4.99 Å². The van der Waals surface area contributed by atoms with Crippen molar-refractivity contribution in [3.8, 4) is 0 Å². The lowest BCUT2D eigenvalue weighted by Gasteiger charge is -2.02. The van der Waals surface area contributed by atoms with Crippen LogP contribution in [-0.2, 0) is 0 Å². The van der Waals surface area contributed by atoms with E-state index in [0.29, 0.717) is 5.69 Å². The lowest BCUT2D eigenvalue weighted by molar-refractivity contribution is -0.384. The van der Waals surface area contributed by atoms with Crippen molar-refractivity contribution in [3.05, 3.63) is 58.6 Å². The Morgan fingerprint density at radius 3 is 1.96 bits per heavy atom. The Balaban J connectivity index is 2.08. The van der Waals surface area contributed by atoms with Gasteiger partial charge in [0.15, 0.2) is 5.96 Å². The van der Waals surface area contributed by atoms with Crippen molar-refractivity contribution in [2.45, 2.75) is 9.79 Å². The van der Waals surface area contributed by atoms with E-state index in [1.165, 1.54) is 23.9 Å². The van der Waals surface area contributed by atoms with Crippen molar-refractivity contribution in [3.63, 3.8) is 0 Å². The molecule has 23 heavy (non-hydrogen) atoms. The number of non-ortho nitro benzene ring substituents is 1. The van der Waals surface area contributed by atoms with Gasteiger partial charge in [0, 0.05) is 21.9 Å². The second kappa shape index (κ2) is 7.27. The standard InChI is InChI=1S/C14H14N6O2S/c15-13(16)19-14(17)18-9-1-5-11(6-2-9)23-12-7-3-10(4-8-12)20(21)22/h1-8H,(H6,15,16,17,18,19). The molecule has 0 spiro atoms. The van der Waals surface area contributed by atoms with Gasteiger partial charge >= 0.3 is 0 Å². The summed E-state index contributed by atoms with van der Waals surface area (Å²) in [6.45, 7) is 0. The maximum absolute atomic E-state index is 10.6. The first kappa shape index (κ1) is 16.3. The van der Waals surface area contributed by atoms with Crippen LogP contribution in [0.1, 0.15) is 0 Å². The fourth-order valence-electron chi connectivity index (χ4n) is 1.65. The predicted molar refractivity (Wildman–Crippen MR) is 90.8 cm³/mol. The van der Waals surface area contributed by atoms with Crippen LogP contribution in [0.4, 0.5) is 11.4 Å². The van der Waals surface area contributed by atoms with Crippen molar-refractivity contribution >= 4 is 35.1 Å². The van der Waals surface area contributed by atoms with Crippen LogP contribution in [0.3, 0.4) is 0 Å². The lowest BCUT2D eigenvalue weighted by atomic mass is 10.3. The summed E-state index contributed by atoms with van der Waals surface area (Å²) in [4.78, 5) is 19.7. The van der Waals surface area contributed by atoms with Gasteiger partial charge < -0.3 is 17.2 Å². The summed E-state index contributed by atoms with van der Waals surface area (Å²) >= 11 is 1.48. The second-order valence-corrected chi connectivity index (χ2v) is 5.50. The zero-order valence-electron chi connectivity index (χ0n) is 11.9. The molecule has 0 saturated heterocycles. The third kappa shape index (κ3) is 5.00. The van der Waals surface area contributed by atoms with Gasteiger partial charge in [-0.1, -0.05) is 11.8 Å². The van der Waals surface area contributed by atoms with Gasteiger partial charge in [-0.2, -0.15) is 4.99 Å². The minimum absolute atomic E-state index is 0.0271. The third-order valence-electron chi connectivity index (χ3n) is 2.61. The first-order chi connectivity index (χ1) is 10.9. The average Bonchev–Trinajstić information content (AvgIpc) is 2.49. The molecule has 9 heteroatoms. The summed E-state index contributed by atoms with van der Waals surface area (Å²) in [5.41, 5.74) is 16.6. The predicted octanol–water partition coefficient (Wildman–Crippen LogP) is 1.97. The maximum Gasteiger partial charge on any atom is 0.269 e. The smallest absolute Gasteiger partial charge is 0.269 e. The Morgan fingerprint density at radius 2 is 1.48 bits per heavy atom. The van der Waals surface area contributed by atoms with E-state index >= 15 is 0 Å². The molecular formula is C14H14N6O2S. The molecule has 0 saturated carbocycles. The van der Waals surface area contributed by atoms with Crippen molar-refractivity contribution in [2.75, 3.05) is 0 Å². The zero-order valence-corrected chi connectivity index (χ0v) is 12.7. The molecule has 8 nitrogen and oxygen atoms in total. The Hall–Kier alpha value is -3.07. The summed E-state index contributed by atoms with van der Waals surface area (Å²) in [6.07, 6.45) is 0. The molecule has 0 radical (unpaired) electrons. The molecule has 0 aliphatic rings. The molecule has 0 aliphatic heterocycles. The van der Waals surface area contributed by atoms with Crippen molar-refractivity contribution < 1.29 is 4.92 Å². The van der Waals surface area contributed by atoms with Gasteiger partial charge in [-0.3, -0.25) is 10.1 Å². The first-order valence-corrected chi connectivity index (χ1v) is 7.22. The number of hydrogen-bond acceptors (Lipinski definition) is 4. The fourth-order valence-corrected chi connectivity index (χ4v) is 2.47. The SMILES string of the molecule is NC(N)=NC(N)=Nc1ccc(Sc2ccc([N+](=O)[O-])cc2)cc1. The van der Waals surface area contributed by atoms with Gasteiger partial charge in [0.25, 0.3) is 5.69 Å². The Bertz CT molecular complexity index is 752. The Morgan fingerprint density at radius 1 is 0.957 bits per heavy atom. The molecule has 118 valence electrons. The number of hydrogen-bond donors (Lipinski definition) is 3. The van der Waals surface area contributed by atoms with Crippen LogP contribution in [0.15, 0.2) is 68.3 Å². The van der Waals surface area contributed by atoms with Crippen LogP contribution >= 0.6 is 11.8 Å². The highest BCUT2D eigenvalue weighted by molar-refractivity contribution is 7.99. The number of nitrogens with two attached hydrogens (primary N) is 3.